The topological polar surface area (TPSA) is 144 Å². The molecule has 2 N–H and O–H groups in total. The average molecular weight is 880 g/mol. The van der Waals surface area contributed by atoms with Gasteiger partial charge in [-0.05, 0) is 66.9 Å². The van der Waals surface area contributed by atoms with Crippen LogP contribution < -0.4 is 34.1 Å². The van der Waals surface area contributed by atoms with Gasteiger partial charge < -0.3 is 33.9 Å². The van der Waals surface area contributed by atoms with Crippen molar-refractivity contribution in [3.8, 4) is 34.5 Å². The van der Waals surface area contributed by atoms with Crippen molar-refractivity contribution in [1.29, 1.82) is 0 Å². The fourth-order valence-corrected chi connectivity index (χ4v) is 7.64. The highest BCUT2D eigenvalue weighted by Crippen LogP contribution is 2.51. The van der Waals surface area contributed by atoms with E-state index < -0.39 is 70.8 Å². The number of aryl methyl sites for hydroxylation is 1. The zero-order valence-corrected chi connectivity index (χ0v) is 34.4. The molecule has 1 amide bonds. The number of carboxylic acid groups (broad SMARTS) is 1. The van der Waals surface area contributed by atoms with Gasteiger partial charge in [0.25, 0.3) is 0 Å². The highest BCUT2D eigenvalue weighted by Gasteiger charge is 2.41. The fraction of sp³-hybridized carbons (Fsp3) is 0.279. The Labute approximate surface area is 357 Å². The minimum absolute atomic E-state index is 0.00526. The zero-order valence-electron chi connectivity index (χ0n) is 33.7. The second-order valence-corrected chi connectivity index (χ2v) is 14.5. The Balaban J connectivity index is 1.45. The highest BCUT2D eigenvalue weighted by molar-refractivity contribution is 6.36. The summed E-state index contributed by atoms with van der Waals surface area (Å²) < 4.78 is 99.1. The summed E-state index contributed by atoms with van der Waals surface area (Å²) in [5.74, 6) is -0.292. The summed E-state index contributed by atoms with van der Waals surface area (Å²) in [5, 5.41) is 11.1. The lowest BCUT2D eigenvalue weighted by molar-refractivity contribution is -0.137. The van der Waals surface area contributed by atoms with E-state index in [4.69, 9.17) is 30.5 Å². The van der Waals surface area contributed by atoms with Gasteiger partial charge in [-0.2, -0.15) is 23.1 Å². The maximum Gasteiger partial charge on any atom is 0.418 e. The second-order valence-electron chi connectivity index (χ2n) is 14.1. The summed E-state index contributed by atoms with van der Waals surface area (Å²) in [6.07, 6.45) is -5.03. The summed E-state index contributed by atoms with van der Waals surface area (Å²) in [4.78, 5) is 32.5. The monoisotopic (exact) mass is 879 g/mol. The van der Waals surface area contributed by atoms with E-state index in [0.717, 1.165) is 11.1 Å². The molecule has 4 heterocycles. The Bertz CT molecular complexity index is 2550. The van der Waals surface area contributed by atoms with Crippen molar-refractivity contribution < 1.29 is 50.8 Å². The number of benzene rings is 3. The number of hydrogen-bond donors (Lipinski definition) is 2. The molecule has 7 rings (SSSR count). The lowest BCUT2D eigenvalue weighted by Gasteiger charge is -2.30. The number of carbonyl (C=O) groups is 1. The molecule has 3 aromatic carbocycles. The number of halogens is 6. The normalized spacial score (nSPS) is 13.0. The molecule has 0 radical (unpaired) electrons. The Morgan fingerprint density at radius 2 is 1.66 bits per heavy atom. The molecule has 0 aliphatic carbocycles. The van der Waals surface area contributed by atoms with Gasteiger partial charge in [-0.15, -0.1) is 0 Å². The van der Waals surface area contributed by atoms with Crippen LogP contribution in [0, 0.1) is 12.7 Å². The van der Waals surface area contributed by atoms with Gasteiger partial charge in [-0.3, -0.25) is 5.32 Å². The minimum atomic E-state index is -5.05. The molecular formula is C43H39ClF5N7O6. The molecule has 0 unspecified atom stereocenters. The first kappa shape index (κ1) is 43.4. The molecule has 0 spiro atoms. The standard InChI is InChI=1S/C43H39ClF5N7O6/c1-23-20-30(55(21-25-7-11-27(59-3)12-8-25)22-26-9-13-28(60-4)14-10-26)51-36(33(23)43(47,48)49)31-34(44)38-32-37(35(31)46)52-41(62-18-15-45)54-40(32)56(17-19-61-38)24(2)29-6-5-16-50-39(29)53-42(57)58/h5-14,16,20,24H,15,17-19,21-22H2,1-4H3,(H,50,53)(H,57,58)/t24-/m1/s1. The quantitative estimate of drug-likeness (QED) is 0.101. The molecule has 1 atom stereocenters. The first-order valence-electron chi connectivity index (χ1n) is 19.1. The fourth-order valence-electron chi connectivity index (χ4n) is 7.31. The van der Waals surface area contributed by atoms with Crippen molar-refractivity contribution in [3.63, 3.8) is 0 Å². The number of alkyl halides is 4. The van der Waals surface area contributed by atoms with Gasteiger partial charge in [0.1, 0.15) is 54.4 Å². The van der Waals surface area contributed by atoms with Gasteiger partial charge >= 0.3 is 18.3 Å². The van der Waals surface area contributed by atoms with Gasteiger partial charge in [-0.1, -0.05) is 41.9 Å². The molecule has 6 aromatic rings. The van der Waals surface area contributed by atoms with Gasteiger partial charge in [-0.25, -0.2) is 23.5 Å². The summed E-state index contributed by atoms with van der Waals surface area (Å²) >= 11 is 7.03. The lowest BCUT2D eigenvalue weighted by Crippen LogP contribution is -2.31. The summed E-state index contributed by atoms with van der Waals surface area (Å²) in [6, 6.07) is 17.5. The first-order chi connectivity index (χ1) is 29.7. The Hall–Kier alpha value is -6.69. The van der Waals surface area contributed by atoms with Crippen molar-refractivity contribution in [2.75, 3.05) is 55.8 Å². The largest absolute Gasteiger partial charge is 0.497 e. The van der Waals surface area contributed by atoms with E-state index in [1.165, 1.54) is 33.4 Å². The molecule has 0 saturated heterocycles. The summed E-state index contributed by atoms with van der Waals surface area (Å²) in [6.45, 7) is 1.66. The number of rotatable bonds is 14. The van der Waals surface area contributed by atoms with Crippen molar-refractivity contribution in [1.82, 2.24) is 19.9 Å². The minimum Gasteiger partial charge on any atom is -0.497 e. The zero-order chi connectivity index (χ0) is 44.3. The molecule has 13 nitrogen and oxygen atoms in total. The van der Waals surface area contributed by atoms with Gasteiger partial charge in [0.05, 0.1) is 54.0 Å². The van der Waals surface area contributed by atoms with Crippen molar-refractivity contribution in [3.05, 3.63) is 112 Å². The maximum absolute atomic E-state index is 17.6. The van der Waals surface area contributed by atoms with Crippen LogP contribution in [0.4, 0.5) is 44.2 Å². The third-order valence-corrected chi connectivity index (χ3v) is 10.6. The Morgan fingerprint density at radius 3 is 2.24 bits per heavy atom. The van der Waals surface area contributed by atoms with Crippen LogP contribution in [-0.4, -0.2) is 71.8 Å². The van der Waals surface area contributed by atoms with E-state index in [0.29, 0.717) is 17.1 Å². The molecule has 0 saturated carbocycles. The van der Waals surface area contributed by atoms with Crippen molar-refractivity contribution in [2.45, 2.75) is 39.2 Å². The maximum atomic E-state index is 17.6. The van der Waals surface area contributed by atoms with E-state index in [-0.39, 0.29) is 60.4 Å². The van der Waals surface area contributed by atoms with Crippen LogP contribution >= 0.6 is 11.6 Å². The van der Waals surface area contributed by atoms with Crippen LogP contribution in [0.25, 0.3) is 22.2 Å². The lowest BCUT2D eigenvalue weighted by atomic mass is 9.98. The van der Waals surface area contributed by atoms with E-state index in [2.05, 4.69) is 25.3 Å². The molecule has 62 heavy (non-hydrogen) atoms. The Morgan fingerprint density at radius 1 is 1.02 bits per heavy atom. The number of methoxy groups -OCH3 is 2. The molecule has 19 heteroatoms. The molecule has 1 aliphatic heterocycles. The number of ether oxygens (including phenoxy) is 4. The number of amides is 1. The number of nitrogens with one attached hydrogen (secondary N) is 1. The summed E-state index contributed by atoms with van der Waals surface area (Å²) in [7, 11) is 3.06. The highest BCUT2D eigenvalue weighted by atomic mass is 35.5. The third kappa shape index (κ3) is 8.86. The number of aromatic nitrogens is 4. The number of hydrogen-bond acceptors (Lipinski definition) is 11. The smallest absolute Gasteiger partial charge is 0.418 e. The SMILES string of the molecule is COc1ccc(CN(Cc2ccc(OC)cc2)c2cc(C)c(C(F)(F)F)c(-c3c(Cl)c4c5c(nc(OCCF)nc5c3F)N([C@H](C)c3cccnc3NC(=O)O)CCO4)n2)cc1. The van der Waals surface area contributed by atoms with Crippen molar-refractivity contribution in [2.24, 2.45) is 0 Å². The molecular weight excluding hydrogens is 841 g/mol. The molecule has 3 aromatic heterocycles. The van der Waals surface area contributed by atoms with E-state index >= 15 is 17.6 Å². The van der Waals surface area contributed by atoms with Crippen LogP contribution in [0.15, 0.2) is 72.9 Å². The van der Waals surface area contributed by atoms with Gasteiger partial charge in [0.2, 0.25) is 0 Å². The number of nitrogens with zero attached hydrogens (tertiary/aromatic N) is 6. The van der Waals surface area contributed by atoms with E-state index in [1.54, 1.807) is 53.1 Å². The number of anilines is 3. The summed E-state index contributed by atoms with van der Waals surface area (Å²) in [5.41, 5.74) is -1.71. The van der Waals surface area contributed by atoms with Crippen LogP contribution in [0.5, 0.6) is 23.3 Å². The van der Waals surface area contributed by atoms with Crippen LogP contribution in [0.2, 0.25) is 5.02 Å². The van der Waals surface area contributed by atoms with E-state index in [1.807, 2.05) is 24.3 Å². The Kier molecular flexibility index (Phi) is 12.7. The predicted octanol–water partition coefficient (Wildman–Crippen LogP) is 9.83. The second kappa shape index (κ2) is 18.1. The predicted molar refractivity (Wildman–Crippen MR) is 222 cm³/mol. The van der Waals surface area contributed by atoms with Gasteiger partial charge in [0.15, 0.2) is 11.6 Å². The van der Waals surface area contributed by atoms with Crippen LogP contribution in [0.1, 0.15) is 40.8 Å². The molecule has 0 bridgehead atoms. The van der Waals surface area contributed by atoms with Crippen LogP contribution in [-0.2, 0) is 19.3 Å². The first-order valence-corrected chi connectivity index (χ1v) is 19.5. The average Bonchev–Trinajstić information content (AvgIpc) is 3.44. The molecule has 324 valence electrons. The van der Waals surface area contributed by atoms with E-state index in [9.17, 15) is 14.3 Å². The molecule has 0 fully saturated rings. The third-order valence-electron chi connectivity index (χ3n) is 10.2. The number of pyridine rings is 2. The molecule has 1 aliphatic rings. The van der Waals surface area contributed by atoms with Crippen molar-refractivity contribution >= 4 is 46.1 Å². The van der Waals surface area contributed by atoms with Gasteiger partial charge in [0, 0.05) is 24.8 Å². The van der Waals surface area contributed by atoms with Crippen LogP contribution in [0.3, 0.4) is 0 Å².